The molecule has 3 rings (SSSR count). The molecular formula is C11H11BrFNO. The second kappa shape index (κ2) is 3.46. The van der Waals surface area contributed by atoms with E-state index in [0.717, 1.165) is 10.0 Å². The maximum atomic E-state index is 13.5. The Hall–Kier alpha value is -0.610. The minimum atomic E-state index is -0.278. The van der Waals surface area contributed by atoms with Crippen LogP contribution in [-0.4, -0.2) is 12.6 Å². The molecule has 1 fully saturated rings. The molecule has 1 saturated carbocycles. The second-order valence-corrected chi connectivity index (χ2v) is 5.03. The minimum absolute atomic E-state index is 0.152. The van der Waals surface area contributed by atoms with Crippen LogP contribution in [0.3, 0.4) is 0 Å². The van der Waals surface area contributed by atoms with Crippen molar-refractivity contribution < 1.29 is 9.13 Å². The summed E-state index contributed by atoms with van der Waals surface area (Å²) in [5, 5.41) is 3.45. The number of hydrogen-bond donors (Lipinski definition) is 1. The van der Waals surface area contributed by atoms with E-state index in [9.17, 15) is 4.39 Å². The summed E-state index contributed by atoms with van der Waals surface area (Å²) in [7, 11) is 0. The number of nitrogens with one attached hydrogen (secondary N) is 1. The summed E-state index contributed by atoms with van der Waals surface area (Å²) in [6.45, 7) is 0.541. The second-order valence-electron chi connectivity index (χ2n) is 4.11. The van der Waals surface area contributed by atoms with Crippen LogP contribution in [0, 0.1) is 5.82 Å². The largest absolute Gasteiger partial charge is 0.488 e. The molecule has 2 aliphatic rings. The molecule has 4 heteroatoms. The van der Waals surface area contributed by atoms with Gasteiger partial charge in [-0.1, -0.05) is 15.9 Å². The Labute approximate surface area is 95.9 Å². The van der Waals surface area contributed by atoms with Gasteiger partial charge in [0.05, 0.1) is 6.04 Å². The van der Waals surface area contributed by atoms with Crippen LogP contribution in [0.1, 0.15) is 24.4 Å². The first-order chi connectivity index (χ1) is 7.24. The lowest BCUT2D eigenvalue weighted by Gasteiger charge is -2.10. The van der Waals surface area contributed by atoms with Crippen LogP contribution in [0.25, 0.3) is 0 Å². The smallest absolute Gasteiger partial charge is 0.166 e. The molecule has 1 atom stereocenters. The summed E-state index contributed by atoms with van der Waals surface area (Å²) >= 11 is 3.30. The van der Waals surface area contributed by atoms with Crippen LogP contribution in [0.2, 0.25) is 0 Å². The fourth-order valence-electron chi connectivity index (χ4n) is 1.92. The van der Waals surface area contributed by atoms with Crippen molar-refractivity contribution in [1.29, 1.82) is 0 Å². The van der Waals surface area contributed by atoms with Crippen LogP contribution in [-0.2, 0) is 0 Å². The molecule has 2 nitrogen and oxygen atoms in total. The summed E-state index contributed by atoms with van der Waals surface area (Å²) in [4.78, 5) is 0. The van der Waals surface area contributed by atoms with Crippen molar-refractivity contribution >= 4 is 15.9 Å². The van der Waals surface area contributed by atoms with Gasteiger partial charge in [-0.15, -0.1) is 0 Å². The van der Waals surface area contributed by atoms with Crippen LogP contribution in [0.5, 0.6) is 5.75 Å². The van der Waals surface area contributed by atoms with E-state index in [2.05, 4.69) is 21.2 Å². The van der Waals surface area contributed by atoms with Crippen molar-refractivity contribution in [1.82, 2.24) is 5.32 Å². The zero-order chi connectivity index (χ0) is 10.4. The van der Waals surface area contributed by atoms with Crippen LogP contribution >= 0.6 is 15.9 Å². The molecule has 80 valence electrons. The summed E-state index contributed by atoms with van der Waals surface area (Å²) in [5.74, 6) is 0.135. The first kappa shape index (κ1) is 9.60. The molecule has 0 spiro atoms. The predicted octanol–water partition coefficient (Wildman–Crippen LogP) is 2.77. The summed E-state index contributed by atoms with van der Waals surface area (Å²) in [5.41, 5.74) is 0.939. The Morgan fingerprint density at radius 1 is 1.40 bits per heavy atom. The first-order valence-corrected chi connectivity index (χ1v) is 5.91. The molecule has 1 N–H and O–H groups in total. The molecule has 1 aliphatic carbocycles. The molecule has 1 unspecified atom stereocenters. The van der Waals surface area contributed by atoms with Gasteiger partial charge in [-0.2, -0.15) is 0 Å². The molecule has 0 bridgehead atoms. The van der Waals surface area contributed by atoms with Gasteiger partial charge in [0.25, 0.3) is 0 Å². The van der Waals surface area contributed by atoms with Crippen LogP contribution < -0.4 is 10.1 Å². The highest BCUT2D eigenvalue weighted by Crippen LogP contribution is 2.38. The lowest BCUT2D eigenvalue weighted by molar-refractivity contribution is 0.299. The Morgan fingerprint density at radius 2 is 2.20 bits per heavy atom. The molecule has 0 saturated heterocycles. The highest BCUT2D eigenvalue weighted by molar-refractivity contribution is 9.10. The maximum absolute atomic E-state index is 13.5. The van der Waals surface area contributed by atoms with Gasteiger partial charge in [-0.3, -0.25) is 0 Å². The van der Waals surface area contributed by atoms with Gasteiger partial charge in [0, 0.05) is 16.1 Å². The van der Waals surface area contributed by atoms with E-state index in [-0.39, 0.29) is 11.9 Å². The summed E-state index contributed by atoms with van der Waals surface area (Å²) in [6.07, 6.45) is 2.45. The standard InChI is InChI=1S/C11H11BrFNO/c12-6-3-8-10(14-7-1-2-7)5-15-11(8)9(13)4-6/h3-4,7,10,14H,1-2,5H2. The monoisotopic (exact) mass is 271 g/mol. The van der Waals surface area contributed by atoms with Gasteiger partial charge >= 0.3 is 0 Å². The van der Waals surface area contributed by atoms with Crippen molar-refractivity contribution in [2.24, 2.45) is 0 Å². The lowest BCUT2D eigenvalue weighted by Crippen LogP contribution is -2.24. The summed E-state index contributed by atoms with van der Waals surface area (Å²) < 4.78 is 19.6. The van der Waals surface area contributed by atoms with Crippen molar-refractivity contribution in [2.45, 2.75) is 24.9 Å². The molecule has 1 aromatic carbocycles. The van der Waals surface area contributed by atoms with E-state index in [0.29, 0.717) is 18.4 Å². The molecular weight excluding hydrogens is 261 g/mol. The number of hydrogen-bond acceptors (Lipinski definition) is 2. The van der Waals surface area contributed by atoms with Crippen molar-refractivity contribution in [2.75, 3.05) is 6.61 Å². The van der Waals surface area contributed by atoms with E-state index >= 15 is 0 Å². The average molecular weight is 272 g/mol. The zero-order valence-corrected chi connectivity index (χ0v) is 9.68. The number of benzene rings is 1. The fraction of sp³-hybridized carbons (Fsp3) is 0.455. The number of fused-ring (bicyclic) bond motifs is 1. The van der Waals surface area contributed by atoms with Crippen LogP contribution in [0.15, 0.2) is 16.6 Å². The minimum Gasteiger partial charge on any atom is -0.488 e. The molecule has 1 aliphatic heterocycles. The topological polar surface area (TPSA) is 21.3 Å². The van der Waals surface area contributed by atoms with Crippen LogP contribution in [0.4, 0.5) is 4.39 Å². The summed E-state index contributed by atoms with van der Waals surface area (Å²) in [6, 6.07) is 4.13. The quantitative estimate of drug-likeness (QED) is 0.893. The molecule has 1 heterocycles. The predicted molar refractivity (Wildman–Crippen MR) is 58.5 cm³/mol. The number of rotatable bonds is 2. The van der Waals surface area contributed by atoms with Gasteiger partial charge in [-0.05, 0) is 25.0 Å². The van der Waals surface area contributed by atoms with Gasteiger partial charge < -0.3 is 10.1 Å². The van der Waals surface area contributed by atoms with Gasteiger partial charge in [0.2, 0.25) is 0 Å². The Kier molecular flexibility index (Phi) is 2.21. The first-order valence-electron chi connectivity index (χ1n) is 5.12. The lowest BCUT2D eigenvalue weighted by atomic mass is 10.1. The van der Waals surface area contributed by atoms with E-state index < -0.39 is 0 Å². The van der Waals surface area contributed by atoms with E-state index in [1.807, 2.05) is 6.07 Å². The SMILES string of the molecule is Fc1cc(Br)cc2c1OCC2NC1CC1. The normalized spacial score (nSPS) is 23.7. The van der Waals surface area contributed by atoms with Gasteiger partial charge in [0.15, 0.2) is 11.6 Å². The zero-order valence-electron chi connectivity index (χ0n) is 8.09. The van der Waals surface area contributed by atoms with E-state index in [1.165, 1.54) is 18.9 Å². The molecule has 0 amide bonds. The number of ether oxygens (including phenoxy) is 1. The fourth-order valence-corrected chi connectivity index (χ4v) is 2.37. The highest BCUT2D eigenvalue weighted by Gasteiger charge is 2.32. The van der Waals surface area contributed by atoms with E-state index in [1.54, 1.807) is 0 Å². The Balaban J connectivity index is 1.93. The van der Waals surface area contributed by atoms with E-state index in [4.69, 9.17) is 4.74 Å². The van der Waals surface area contributed by atoms with Crippen molar-refractivity contribution in [3.05, 3.63) is 28.0 Å². The average Bonchev–Trinajstić information content (AvgIpc) is 2.89. The third-order valence-corrected chi connectivity index (χ3v) is 3.28. The Morgan fingerprint density at radius 3 is 2.93 bits per heavy atom. The molecule has 0 radical (unpaired) electrons. The third kappa shape index (κ3) is 1.76. The maximum Gasteiger partial charge on any atom is 0.166 e. The van der Waals surface area contributed by atoms with Gasteiger partial charge in [0.1, 0.15) is 6.61 Å². The number of halogens is 2. The van der Waals surface area contributed by atoms with Crippen molar-refractivity contribution in [3.8, 4) is 5.75 Å². The molecule has 15 heavy (non-hydrogen) atoms. The molecule has 1 aromatic rings. The highest BCUT2D eigenvalue weighted by atomic mass is 79.9. The van der Waals surface area contributed by atoms with Crippen molar-refractivity contribution in [3.63, 3.8) is 0 Å². The molecule has 0 aromatic heterocycles. The van der Waals surface area contributed by atoms with Gasteiger partial charge in [-0.25, -0.2) is 4.39 Å². The third-order valence-electron chi connectivity index (χ3n) is 2.82. The Bertz CT molecular complexity index is 406.